The molecule has 0 saturated heterocycles. The van der Waals surface area contributed by atoms with Gasteiger partial charge in [0.25, 0.3) is 0 Å². The Bertz CT molecular complexity index is 462. The smallest absolute Gasteiger partial charge is 0.123 e. The Kier molecular flexibility index (Phi) is 4.67. The largest absolute Gasteiger partial charge is 0.507 e. The van der Waals surface area contributed by atoms with Crippen molar-refractivity contribution in [3.63, 3.8) is 0 Å². The van der Waals surface area contributed by atoms with Gasteiger partial charge in [-0.3, -0.25) is 4.21 Å². The van der Waals surface area contributed by atoms with E-state index in [-0.39, 0.29) is 5.25 Å². The normalized spacial score (nSPS) is 18.5. The molecule has 2 nitrogen and oxygen atoms in total. The highest BCUT2D eigenvalue weighted by Gasteiger charge is 2.36. The van der Waals surface area contributed by atoms with E-state index in [1.54, 1.807) is 6.26 Å². The van der Waals surface area contributed by atoms with Crippen LogP contribution in [0.15, 0.2) is 18.2 Å². The third-order valence-corrected chi connectivity index (χ3v) is 5.59. The molecule has 1 aliphatic rings. The zero-order valence-electron chi connectivity index (χ0n) is 12.1. The Morgan fingerprint density at radius 1 is 1.26 bits per heavy atom. The topological polar surface area (TPSA) is 37.3 Å². The first-order valence-electron chi connectivity index (χ1n) is 7.24. The van der Waals surface area contributed by atoms with Gasteiger partial charge in [0.15, 0.2) is 0 Å². The first-order valence-corrected chi connectivity index (χ1v) is 8.86. The van der Waals surface area contributed by atoms with E-state index in [0.29, 0.717) is 17.6 Å². The van der Waals surface area contributed by atoms with Crippen LogP contribution < -0.4 is 0 Å². The maximum absolute atomic E-state index is 12.0. The molecule has 1 N–H and O–H groups in total. The Balaban J connectivity index is 2.40. The molecule has 106 valence electrons. The van der Waals surface area contributed by atoms with Crippen LogP contribution in [-0.4, -0.2) is 15.6 Å². The van der Waals surface area contributed by atoms with Crippen molar-refractivity contribution in [2.45, 2.75) is 50.7 Å². The van der Waals surface area contributed by atoms with Crippen molar-refractivity contribution in [2.24, 2.45) is 5.92 Å². The van der Waals surface area contributed by atoms with Gasteiger partial charge in [-0.15, -0.1) is 0 Å². The van der Waals surface area contributed by atoms with Crippen LogP contribution in [-0.2, 0) is 10.8 Å². The number of para-hydroxylation sites is 1. The monoisotopic (exact) mass is 280 g/mol. The molecule has 1 aromatic rings. The maximum atomic E-state index is 12.0. The minimum atomic E-state index is -0.918. The molecular weight excluding hydrogens is 256 g/mol. The summed E-state index contributed by atoms with van der Waals surface area (Å²) in [5.41, 5.74) is 1.92. The summed E-state index contributed by atoms with van der Waals surface area (Å²) < 4.78 is 12.0. The zero-order chi connectivity index (χ0) is 14.0. The number of benzene rings is 1. The lowest BCUT2D eigenvalue weighted by atomic mass is 9.90. The molecule has 1 fully saturated rings. The minimum absolute atomic E-state index is 0.00862. The van der Waals surface area contributed by atoms with Crippen LogP contribution in [0.25, 0.3) is 0 Å². The summed E-state index contributed by atoms with van der Waals surface area (Å²) in [6.45, 7) is 4.30. The standard InChI is InChI=1S/C16H24O2S/c1-4-11(5-2)13-7-6-8-14(15(13)17)16(19(3)18)12-9-10-12/h6-8,11-12,16-17H,4-5,9-10H2,1-3H3. The van der Waals surface area contributed by atoms with E-state index in [1.807, 2.05) is 18.2 Å². The van der Waals surface area contributed by atoms with Gasteiger partial charge in [-0.1, -0.05) is 32.0 Å². The van der Waals surface area contributed by atoms with Crippen LogP contribution in [0.3, 0.4) is 0 Å². The third kappa shape index (κ3) is 3.02. The van der Waals surface area contributed by atoms with Crippen molar-refractivity contribution >= 4 is 10.8 Å². The summed E-state index contributed by atoms with van der Waals surface area (Å²) in [6, 6.07) is 5.97. The van der Waals surface area contributed by atoms with Gasteiger partial charge in [0.05, 0.1) is 5.25 Å². The fraction of sp³-hybridized carbons (Fsp3) is 0.625. The van der Waals surface area contributed by atoms with Gasteiger partial charge < -0.3 is 5.11 Å². The van der Waals surface area contributed by atoms with E-state index in [2.05, 4.69) is 13.8 Å². The van der Waals surface area contributed by atoms with E-state index in [4.69, 9.17) is 0 Å². The molecule has 19 heavy (non-hydrogen) atoms. The van der Waals surface area contributed by atoms with E-state index >= 15 is 0 Å². The molecule has 0 heterocycles. The van der Waals surface area contributed by atoms with Crippen molar-refractivity contribution in [2.75, 3.05) is 6.26 Å². The molecule has 1 aromatic carbocycles. The van der Waals surface area contributed by atoms with E-state index in [0.717, 1.165) is 36.8 Å². The quantitative estimate of drug-likeness (QED) is 0.851. The second-order valence-electron chi connectivity index (χ2n) is 5.56. The van der Waals surface area contributed by atoms with Crippen molar-refractivity contribution in [1.82, 2.24) is 0 Å². The van der Waals surface area contributed by atoms with E-state index < -0.39 is 10.8 Å². The van der Waals surface area contributed by atoms with Crippen LogP contribution in [0.1, 0.15) is 61.8 Å². The SMILES string of the molecule is CCC(CC)c1cccc(C(C2CC2)S(C)=O)c1O. The van der Waals surface area contributed by atoms with Gasteiger partial charge in [0, 0.05) is 22.6 Å². The molecule has 2 rings (SSSR count). The lowest BCUT2D eigenvalue weighted by molar-refractivity contribution is 0.447. The first-order chi connectivity index (χ1) is 9.10. The van der Waals surface area contributed by atoms with Crippen molar-refractivity contribution < 1.29 is 9.32 Å². The molecule has 3 heteroatoms. The van der Waals surface area contributed by atoms with Gasteiger partial charge in [-0.2, -0.15) is 0 Å². The van der Waals surface area contributed by atoms with Crippen LogP contribution in [0.4, 0.5) is 0 Å². The Hall–Kier alpha value is -0.830. The highest BCUT2D eigenvalue weighted by molar-refractivity contribution is 7.84. The van der Waals surface area contributed by atoms with Crippen LogP contribution >= 0.6 is 0 Å². The van der Waals surface area contributed by atoms with Gasteiger partial charge in [0.2, 0.25) is 0 Å². The second-order valence-corrected chi connectivity index (χ2v) is 7.06. The van der Waals surface area contributed by atoms with Gasteiger partial charge in [-0.25, -0.2) is 0 Å². The molecular formula is C16H24O2S. The highest BCUT2D eigenvalue weighted by Crippen LogP contribution is 2.48. The van der Waals surface area contributed by atoms with Crippen molar-refractivity contribution in [3.8, 4) is 5.75 Å². The number of aromatic hydroxyl groups is 1. The minimum Gasteiger partial charge on any atom is -0.507 e. The summed E-state index contributed by atoms with van der Waals surface area (Å²) in [6.07, 6.45) is 6.08. The fourth-order valence-electron chi connectivity index (χ4n) is 2.97. The predicted molar refractivity (Wildman–Crippen MR) is 81.0 cm³/mol. The lowest BCUT2D eigenvalue weighted by Gasteiger charge is -2.21. The summed E-state index contributed by atoms with van der Waals surface area (Å²) >= 11 is 0. The van der Waals surface area contributed by atoms with Crippen LogP contribution in [0.5, 0.6) is 5.75 Å². The van der Waals surface area contributed by atoms with Crippen LogP contribution in [0.2, 0.25) is 0 Å². The average molecular weight is 280 g/mol. The number of rotatable bonds is 6. The molecule has 0 bridgehead atoms. The maximum Gasteiger partial charge on any atom is 0.123 e. The zero-order valence-corrected chi connectivity index (χ0v) is 12.9. The highest BCUT2D eigenvalue weighted by atomic mass is 32.2. The summed E-state index contributed by atoms with van der Waals surface area (Å²) in [5, 5.41) is 10.6. The van der Waals surface area contributed by atoms with Gasteiger partial charge in [-0.05, 0) is 43.1 Å². The fourth-order valence-corrected chi connectivity index (χ4v) is 4.33. The molecule has 1 saturated carbocycles. The lowest BCUT2D eigenvalue weighted by Crippen LogP contribution is -2.09. The van der Waals surface area contributed by atoms with E-state index in [1.165, 1.54) is 0 Å². The van der Waals surface area contributed by atoms with Crippen LogP contribution in [0, 0.1) is 5.92 Å². The van der Waals surface area contributed by atoms with Gasteiger partial charge in [0.1, 0.15) is 5.75 Å². The molecule has 2 atom stereocenters. The molecule has 0 aromatic heterocycles. The van der Waals surface area contributed by atoms with E-state index in [9.17, 15) is 9.32 Å². The second kappa shape index (κ2) is 6.08. The predicted octanol–water partition coefficient (Wildman–Crippen LogP) is 4.13. The number of hydrogen-bond acceptors (Lipinski definition) is 2. The Morgan fingerprint density at radius 2 is 1.84 bits per heavy atom. The van der Waals surface area contributed by atoms with Crippen molar-refractivity contribution in [3.05, 3.63) is 29.3 Å². The average Bonchev–Trinajstić information content (AvgIpc) is 3.19. The number of phenols is 1. The van der Waals surface area contributed by atoms with Crippen molar-refractivity contribution in [1.29, 1.82) is 0 Å². The third-order valence-electron chi connectivity index (χ3n) is 4.24. The number of hydrogen-bond donors (Lipinski definition) is 1. The molecule has 0 amide bonds. The number of phenolic OH excluding ortho intramolecular Hbond substituents is 1. The first kappa shape index (κ1) is 14.6. The Labute approximate surface area is 118 Å². The summed E-state index contributed by atoms with van der Waals surface area (Å²) in [4.78, 5) is 0. The summed E-state index contributed by atoms with van der Waals surface area (Å²) in [7, 11) is -0.918. The molecule has 0 radical (unpaired) electrons. The molecule has 1 aliphatic carbocycles. The molecule has 0 aliphatic heterocycles. The molecule has 0 spiro atoms. The summed E-state index contributed by atoms with van der Waals surface area (Å²) in [5.74, 6) is 1.28. The Morgan fingerprint density at radius 3 is 2.32 bits per heavy atom. The van der Waals surface area contributed by atoms with Gasteiger partial charge >= 0.3 is 0 Å². The molecule has 2 unspecified atom stereocenters.